The van der Waals surface area contributed by atoms with E-state index < -0.39 is 5.54 Å². The maximum atomic E-state index is 12.0. The number of amides is 2. The van der Waals surface area contributed by atoms with Gasteiger partial charge in [-0.3, -0.25) is 4.79 Å². The number of urea groups is 1. The third-order valence-electron chi connectivity index (χ3n) is 3.26. The van der Waals surface area contributed by atoms with Gasteiger partial charge in [-0.1, -0.05) is 6.92 Å². The van der Waals surface area contributed by atoms with Crippen LogP contribution in [0.4, 0.5) is 10.5 Å². The van der Waals surface area contributed by atoms with Crippen molar-refractivity contribution in [3.63, 3.8) is 0 Å². The molecule has 0 fully saturated rings. The summed E-state index contributed by atoms with van der Waals surface area (Å²) in [6, 6.07) is 1.19. The molecule has 0 saturated carbocycles. The summed E-state index contributed by atoms with van der Waals surface area (Å²) < 4.78 is 1.76. The highest BCUT2D eigenvalue weighted by Gasteiger charge is 2.23. The van der Waals surface area contributed by atoms with Crippen LogP contribution in [0.2, 0.25) is 0 Å². The highest BCUT2D eigenvalue weighted by molar-refractivity contribution is 9.10. The maximum Gasteiger partial charge on any atom is 0.319 e. The van der Waals surface area contributed by atoms with E-state index in [9.17, 15) is 9.59 Å². The Bertz CT molecular complexity index is 518. The number of nitrogens with one attached hydrogen (secondary N) is 2. The summed E-state index contributed by atoms with van der Waals surface area (Å²) in [6.07, 6.45) is 2.73. The largest absolute Gasteiger partial charge is 0.396 e. The number of aliphatic hydroxyl groups excluding tert-OH is 1. The van der Waals surface area contributed by atoms with Crippen LogP contribution in [0.25, 0.3) is 0 Å². The first-order chi connectivity index (χ1) is 9.31. The number of anilines is 1. The van der Waals surface area contributed by atoms with Crippen molar-refractivity contribution in [3.05, 3.63) is 27.1 Å². The molecule has 1 unspecified atom stereocenters. The number of rotatable bonds is 5. The van der Waals surface area contributed by atoms with Gasteiger partial charge >= 0.3 is 6.03 Å². The molecule has 2 amide bonds. The van der Waals surface area contributed by atoms with E-state index in [-0.39, 0.29) is 18.2 Å². The van der Waals surface area contributed by atoms with Crippen LogP contribution in [0.15, 0.2) is 21.5 Å². The summed E-state index contributed by atoms with van der Waals surface area (Å²) in [4.78, 5) is 23.5. The Morgan fingerprint density at radius 3 is 2.70 bits per heavy atom. The van der Waals surface area contributed by atoms with E-state index in [1.165, 1.54) is 4.57 Å². The van der Waals surface area contributed by atoms with Gasteiger partial charge in [0, 0.05) is 25.4 Å². The molecule has 112 valence electrons. The molecule has 0 radical (unpaired) electrons. The van der Waals surface area contributed by atoms with Crippen LogP contribution in [-0.4, -0.2) is 27.9 Å². The Morgan fingerprint density at radius 1 is 1.55 bits per heavy atom. The number of carbonyl (C=O) groups excluding carboxylic acids is 1. The molecule has 1 atom stereocenters. The molecule has 0 aliphatic heterocycles. The van der Waals surface area contributed by atoms with Crippen molar-refractivity contribution in [1.82, 2.24) is 9.88 Å². The number of hydrogen-bond donors (Lipinski definition) is 3. The van der Waals surface area contributed by atoms with Gasteiger partial charge in [0.25, 0.3) is 5.56 Å². The minimum atomic E-state index is -0.462. The number of pyridine rings is 1. The Balaban J connectivity index is 2.79. The van der Waals surface area contributed by atoms with Crippen molar-refractivity contribution in [2.75, 3.05) is 11.9 Å². The second kappa shape index (κ2) is 6.90. The molecule has 6 nitrogen and oxygen atoms in total. The number of halogens is 1. The standard InChI is InChI=1S/C13H20BrN3O3/c1-4-13(2,5-6-18)16-12(20)15-9-7-10(14)11(19)17(3)8-9/h7-8,18H,4-6H2,1-3H3,(H2,15,16,20). The second-order valence-electron chi connectivity index (χ2n) is 4.96. The molecule has 1 aromatic heterocycles. The van der Waals surface area contributed by atoms with Crippen molar-refractivity contribution in [3.8, 4) is 0 Å². The second-order valence-corrected chi connectivity index (χ2v) is 5.81. The minimum absolute atomic E-state index is 0.00993. The van der Waals surface area contributed by atoms with E-state index >= 15 is 0 Å². The molecule has 0 aliphatic carbocycles. The normalized spacial score (nSPS) is 13.7. The first kappa shape index (κ1) is 16.7. The molecule has 0 bridgehead atoms. The van der Waals surface area contributed by atoms with E-state index in [0.29, 0.717) is 23.0 Å². The van der Waals surface area contributed by atoms with E-state index in [1.54, 1.807) is 19.3 Å². The van der Waals surface area contributed by atoms with Gasteiger partial charge in [0.1, 0.15) is 0 Å². The van der Waals surface area contributed by atoms with Gasteiger partial charge < -0.3 is 20.3 Å². The molecular weight excluding hydrogens is 326 g/mol. The fourth-order valence-electron chi connectivity index (χ4n) is 1.75. The van der Waals surface area contributed by atoms with Crippen LogP contribution in [-0.2, 0) is 7.05 Å². The molecule has 3 N–H and O–H groups in total. The van der Waals surface area contributed by atoms with Gasteiger partial charge in [0.2, 0.25) is 0 Å². The molecule has 7 heteroatoms. The molecule has 1 aromatic rings. The Labute approximate surface area is 126 Å². The first-order valence-electron chi connectivity index (χ1n) is 6.37. The van der Waals surface area contributed by atoms with Gasteiger partial charge in [-0.05, 0) is 41.8 Å². The Hall–Kier alpha value is -1.34. The van der Waals surface area contributed by atoms with Crippen LogP contribution in [0.5, 0.6) is 0 Å². The summed E-state index contributed by atoms with van der Waals surface area (Å²) in [5, 5.41) is 14.5. The van der Waals surface area contributed by atoms with E-state index in [4.69, 9.17) is 5.11 Å². The molecule has 1 heterocycles. The average molecular weight is 346 g/mol. The number of hydrogen-bond acceptors (Lipinski definition) is 3. The number of nitrogens with zero attached hydrogens (tertiary/aromatic N) is 1. The molecule has 0 aromatic carbocycles. The highest BCUT2D eigenvalue weighted by atomic mass is 79.9. The molecule has 0 spiro atoms. The van der Waals surface area contributed by atoms with E-state index in [1.807, 2.05) is 13.8 Å². The van der Waals surface area contributed by atoms with Gasteiger partial charge in [-0.25, -0.2) is 4.79 Å². The lowest BCUT2D eigenvalue weighted by molar-refractivity contribution is 0.208. The average Bonchev–Trinajstić information content (AvgIpc) is 2.35. The summed E-state index contributed by atoms with van der Waals surface area (Å²) in [5.41, 5.74) is -0.120. The zero-order valence-electron chi connectivity index (χ0n) is 11.9. The van der Waals surface area contributed by atoms with E-state index in [0.717, 1.165) is 0 Å². The Morgan fingerprint density at radius 2 is 2.20 bits per heavy atom. The number of aliphatic hydroxyl groups is 1. The van der Waals surface area contributed by atoms with Gasteiger partial charge in [-0.2, -0.15) is 0 Å². The lowest BCUT2D eigenvalue weighted by Gasteiger charge is -2.29. The summed E-state index contributed by atoms with van der Waals surface area (Å²) >= 11 is 3.15. The van der Waals surface area contributed by atoms with Crippen molar-refractivity contribution >= 4 is 27.6 Å². The number of aromatic nitrogens is 1. The molecule has 0 saturated heterocycles. The molecule has 1 rings (SSSR count). The highest BCUT2D eigenvalue weighted by Crippen LogP contribution is 2.15. The van der Waals surface area contributed by atoms with Gasteiger partial charge in [-0.15, -0.1) is 0 Å². The molecular formula is C13H20BrN3O3. The third-order valence-corrected chi connectivity index (χ3v) is 3.82. The molecule has 0 aliphatic rings. The predicted molar refractivity (Wildman–Crippen MR) is 81.9 cm³/mol. The summed E-state index contributed by atoms with van der Waals surface area (Å²) in [7, 11) is 1.61. The minimum Gasteiger partial charge on any atom is -0.396 e. The number of carbonyl (C=O) groups is 1. The first-order valence-corrected chi connectivity index (χ1v) is 7.17. The van der Waals surface area contributed by atoms with Crippen LogP contribution in [0, 0.1) is 0 Å². The quantitative estimate of drug-likeness (QED) is 0.761. The summed E-state index contributed by atoms with van der Waals surface area (Å²) in [6.45, 7) is 3.83. The fraction of sp³-hybridized carbons (Fsp3) is 0.538. The number of aryl methyl sites for hydroxylation is 1. The molecule has 20 heavy (non-hydrogen) atoms. The van der Waals surface area contributed by atoms with Gasteiger partial charge in [0.15, 0.2) is 0 Å². The zero-order chi connectivity index (χ0) is 15.3. The van der Waals surface area contributed by atoms with Crippen molar-refractivity contribution in [1.29, 1.82) is 0 Å². The van der Waals surface area contributed by atoms with Crippen molar-refractivity contribution in [2.24, 2.45) is 7.05 Å². The van der Waals surface area contributed by atoms with Crippen molar-refractivity contribution < 1.29 is 9.90 Å². The lowest BCUT2D eigenvalue weighted by Crippen LogP contribution is -2.48. The van der Waals surface area contributed by atoms with Crippen LogP contribution >= 0.6 is 15.9 Å². The topological polar surface area (TPSA) is 83.4 Å². The monoisotopic (exact) mass is 345 g/mol. The SMILES string of the molecule is CCC(C)(CCO)NC(=O)Nc1cc(Br)c(=O)n(C)c1. The zero-order valence-corrected chi connectivity index (χ0v) is 13.5. The van der Waals surface area contributed by atoms with Crippen LogP contribution < -0.4 is 16.2 Å². The third kappa shape index (κ3) is 4.35. The van der Waals surface area contributed by atoms with Crippen LogP contribution in [0.3, 0.4) is 0 Å². The Kier molecular flexibility index (Phi) is 5.76. The maximum absolute atomic E-state index is 12.0. The lowest BCUT2D eigenvalue weighted by atomic mass is 9.95. The van der Waals surface area contributed by atoms with Crippen molar-refractivity contribution in [2.45, 2.75) is 32.2 Å². The van der Waals surface area contributed by atoms with E-state index in [2.05, 4.69) is 26.6 Å². The smallest absolute Gasteiger partial charge is 0.319 e. The fourth-order valence-corrected chi connectivity index (χ4v) is 2.28. The predicted octanol–water partition coefficient (Wildman–Crippen LogP) is 1.82. The van der Waals surface area contributed by atoms with Crippen LogP contribution in [0.1, 0.15) is 26.7 Å². The summed E-state index contributed by atoms with van der Waals surface area (Å²) in [5.74, 6) is 0. The van der Waals surface area contributed by atoms with Gasteiger partial charge in [0.05, 0.1) is 10.2 Å².